The van der Waals surface area contributed by atoms with Crippen molar-refractivity contribution in [1.29, 1.82) is 0 Å². The van der Waals surface area contributed by atoms with Crippen LogP contribution in [0.4, 0.5) is 0 Å². The van der Waals surface area contributed by atoms with Gasteiger partial charge in [-0.1, -0.05) is 33.1 Å². The number of aliphatic hydroxyl groups is 2. The second kappa shape index (κ2) is 10.9. The van der Waals surface area contributed by atoms with Crippen LogP contribution in [0.1, 0.15) is 47.0 Å². The maximum absolute atomic E-state index is 8.45. The largest absolute Gasteiger partial charge is 0.379 e. The second-order valence-corrected chi connectivity index (χ2v) is 2.87. The van der Waals surface area contributed by atoms with E-state index in [0.717, 1.165) is 0 Å². The normalized spacial score (nSPS) is 14.5. The summed E-state index contributed by atoms with van der Waals surface area (Å²) >= 11 is 0. The Bertz CT molecular complexity index is 66.9. The first-order chi connectivity index (χ1) is 5.54. The summed E-state index contributed by atoms with van der Waals surface area (Å²) in [4.78, 5) is 0. The van der Waals surface area contributed by atoms with Gasteiger partial charge in [0.1, 0.15) is 12.5 Å². The van der Waals surface area contributed by atoms with Gasteiger partial charge in [0, 0.05) is 0 Å². The van der Waals surface area contributed by atoms with Gasteiger partial charge in [-0.2, -0.15) is 0 Å². The predicted octanol–water partition coefficient (Wildman–Crippen LogP) is 1.45. The Labute approximate surface area is 75.8 Å². The summed E-state index contributed by atoms with van der Waals surface area (Å²) in [5, 5.41) is 19.3. The number of hydrogen-bond acceptors (Lipinski definition) is 3. The molecule has 2 atom stereocenters. The van der Waals surface area contributed by atoms with Crippen molar-refractivity contribution in [3.05, 3.63) is 0 Å². The van der Waals surface area contributed by atoms with E-state index in [0.29, 0.717) is 0 Å². The molecule has 0 amide bonds. The van der Waals surface area contributed by atoms with Crippen LogP contribution in [0.3, 0.4) is 0 Å². The van der Waals surface area contributed by atoms with Crippen molar-refractivity contribution in [2.75, 3.05) is 0 Å². The Hall–Kier alpha value is -0.120. The van der Waals surface area contributed by atoms with Gasteiger partial charge < -0.3 is 10.2 Å². The number of hydrogen-bond donors (Lipinski definition) is 3. The number of unbranched alkanes of at least 4 members (excludes halogenated alkanes) is 2. The van der Waals surface area contributed by atoms with Crippen molar-refractivity contribution in [3.8, 4) is 0 Å². The quantitative estimate of drug-likeness (QED) is 0.570. The highest BCUT2D eigenvalue weighted by atomic mass is 16.3. The van der Waals surface area contributed by atoms with Crippen LogP contribution in [0.25, 0.3) is 0 Å². The average Bonchev–Trinajstić information content (AvgIpc) is 1.87. The fourth-order valence-corrected chi connectivity index (χ4v) is 0.703. The maximum atomic E-state index is 8.45. The molecule has 0 heterocycles. The number of rotatable bonds is 4. The minimum atomic E-state index is -0.625. The monoisotopic (exact) mass is 177 g/mol. The molecule has 0 rings (SSSR count). The molecule has 0 fully saturated rings. The van der Waals surface area contributed by atoms with E-state index in [1.165, 1.54) is 19.3 Å². The van der Waals surface area contributed by atoms with Crippen LogP contribution in [0.5, 0.6) is 0 Å². The highest BCUT2D eigenvalue weighted by Gasteiger charge is 1.95. The Morgan fingerprint density at radius 1 is 1.00 bits per heavy atom. The van der Waals surface area contributed by atoms with Crippen LogP contribution in [0, 0.1) is 0 Å². The topological polar surface area (TPSA) is 52.5 Å². The molecule has 3 N–H and O–H groups in total. The molecule has 0 spiro atoms. The van der Waals surface area contributed by atoms with Crippen LogP contribution in [0.2, 0.25) is 0 Å². The molecule has 0 aromatic carbocycles. The highest BCUT2D eigenvalue weighted by molar-refractivity contribution is 4.42. The van der Waals surface area contributed by atoms with Crippen molar-refractivity contribution in [1.82, 2.24) is 5.32 Å². The zero-order chi connectivity index (χ0) is 9.98. The van der Waals surface area contributed by atoms with Gasteiger partial charge in [0.2, 0.25) is 0 Å². The van der Waals surface area contributed by atoms with Crippen molar-refractivity contribution >= 4 is 0 Å². The Morgan fingerprint density at radius 3 is 1.33 bits per heavy atom. The first-order valence-electron chi connectivity index (χ1n) is 4.66. The fourth-order valence-electron chi connectivity index (χ4n) is 0.703. The molecule has 76 valence electrons. The minimum Gasteiger partial charge on any atom is -0.379 e. The number of aliphatic hydroxyl groups excluding tert-OH is 2. The van der Waals surface area contributed by atoms with Gasteiger partial charge in [-0.3, -0.25) is 5.32 Å². The third kappa shape index (κ3) is 22.5. The molecule has 0 saturated carbocycles. The van der Waals surface area contributed by atoms with E-state index < -0.39 is 12.5 Å². The molecule has 0 aliphatic carbocycles. The zero-order valence-corrected chi connectivity index (χ0v) is 8.67. The minimum absolute atomic E-state index is 0.625. The average molecular weight is 177 g/mol. The molecule has 0 aliphatic rings. The van der Waals surface area contributed by atoms with E-state index in [1.807, 2.05) is 0 Å². The zero-order valence-electron chi connectivity index (χ0n) is 8.67. The lowest BCUT2D eigenvalue weighted by atomic mass is 10.3. The van der Waals surface area contributed by atoms with Crippen LogP contribution in [-0.2, 0) is 0 Å². The second-order valence-electron chi connectivity index (χ2n) is 2.87. The molecule has 0 radical (unpaired) electrons. The van der Waals surface area contributed by atoms with Crippen molar-refractivity contribution in [2.24, 2.45) is 0 Å². The summed E-state index contributed by atoms with van der Waals surface area (Å²) in [5.41, 5.74) is 0. The molecular weight excluding hydrogens is 154 g/mol. The van der Waals surface area contributed by atoms with Crippen LogP contribution < -0.4 is 5.32 Å². The van der Waals surface area contributed by atoms with E-state index in [1.54, 1.807) is 13.8 Å². The lowest BCUT2D eigenvalue weighted by Gasteiger charge is -2.08. The van der Waals surface area contributed by atoms with Crippen LogP contribution in [0.15, 0.2) is 0 Å². The van der Waals surface area contributed by atoms with Gasteiger partial charge >= 0.3 is 0 Å². The van der Waals surface area contributed by atoms with Gasteiger partial charge in [0.05, 0.1) is 0 Å². The predicted molar refractivity (Wildman–Crippen MR) is 51.7 cm³/mol. The molecule has 3 nitrogen and oxygen atoms in total. The Kier molecular flexibility index (Phi) is 13.1. The number of nitrogens with one attached hydrogen (secondary N) is 1. The third-order valence-corrected chi connectivity index (χ3v) is 1.19. The molecule has 0 aromatic heterocycles. The molecule has 0 bridgehead atoms. The lowest BCUT2D eigenvalue weighted by Crippen LogP contribution is -2.33. The van der Waals surface area contributed by atoms with Crippen molar-refractivity contribution < 1.29 is 10.2 Å². The Balaban J connectivity index is 0. The van der Waals surface area contributed by atoms with Crippen LogP contribution in [-0.4, -0.2) is 22.7 Å². The maximum Gasteiger partial charge on any atom is 0.103 e. The third-order valence-electron chi connectivity index (χ3n) is 1.19. The van der Waals surface area contributed by atoms with Gasteiger partial charge in [-0.15, -0.1) is 0 Å². The first-order valence-corrected chi connectivity index (χ1v) is 4.66. The van der Waals surface area contributed by atoms with E-state index in [9.17, 15) is 0 Å². The van der Waals surface area contributed by atoms with Gasteiger partial charge in [-0.05, 0) is 13.8 Å². The van der Waals surface area contributed by atoms with Gasteiger partial charge in [-0.25, -0.2) is 0 Å². The summed E-state index contributed by atoms with van der Waals surface area (Å²) in [6.45, 7) is 7.52. The molecule has 3 heteroatoms. The van der Waals surface area contributed by atoms with E-state index in [2.05, 4.69) is 19.2 Å². The smallest absolute Gasteiger partial charge is 0.103 e. The first kappa shape index (κ1) is 14.4. The lowest BCUT2D eigenvalue weighted by molar-refractivity contribution is 0.0632. The molecule has 0 aliphatic heterocycles. The van der Waals surface area contributed by atoms with E-state index in [-0.39, 0.29) is 0 Å². The van der Waals surface area contributed by atoms with E-state index in [4.69, 9.17) is 10.2 Å². The highest BCUT2D eigenvalue weighted by Crippen LogP contribution is 1.88. The van der Waals surface area contributed by atoms with E-state index >= 15 is 0 Å². The van der Waals surface area contributed by atoms with Gasteiger partial charge in [0.15, 0.2) is 0 Å². The summed E-state index contributed by atoms with van der Waals surface area (Å²) < 4.78 is 0. The molecule has 12 heavy (non-hydrogen) atoms. The summed E-state index contributed by atoms with van der Waals surface area (Å²) in [5.74, 6) is 0. The molecule has 0 aromatic rings. The molecule has 2 unspecified atom stereocenters. The van der Waals surface area contributed by atoms with Crippen molar-refractivity contribution in [3.63, 3.8) is 0 Å². The SMILES string of the molecule is CC(O)NC(C)O.CCCCC. The van der Waals surface area contributed by atoms with Crippen molar-refractivity contribution in [2.45, 2.75) is 59.4 Å². The molecule has 0 saturated heterocycles. The Morgan fingerprint density at radius 2 is 1.33 bits per heavy atom. The summed E-state index contributed by atoms with van der Waals surface area (Å²) in [6.07, 6.45) is 2.83. The summed E-state index contributed by atoms with van der Waals surface area (Å²) in [6, 6.07) is 0. The van der Waals surface area contributed by atoms with Gasteiger partial charge in [0.25, 0.3) is 0 Å². The summed E-state index contributed by atoms with van der Waals surface area (Å²) in [7, 11) is 0. The molecular formula is C9H23NO2. The van der Waals surface area contributed by atoms with Crippen LogP contribution >= 0.6 is 0 Å². The fraction of sp³-hybridized carbons (Fsp3) is 1.00. The standard InChI is InChI=1S/C5H12.C4H11NO2/c1-3-5-4-2;1-3(6)5-4(2)7/h3-5H2,1-2H3;3-7H,1-2H3.